The maximum atomic E-state index is 3.73. The van der Waals surface area contributed by atoms with Crippen LogP contribution in [0.25, 0.3) is 0 Å². The molecule has 1 N–H and O–H groups in total. The zero-order valence-electron chi connectivity index (χ0n) is 7.93. The predicted molar refractivity (Wildman–Crippen MR) is 63.3 cm³/mol. The van der Waals surface area contributed by atoms with Crippen molar-refractivity contribution in [3.8, 4) is 0 Å². The van der Waals surface area contributed by atoms with E-state index in [1.165, 1.54) is 14.2 Å². The van der Waals surface area contributed by atoms with Crippen LogP contribution in [0.2, 0.25) is 0 Å². The third-order valence-electron chi connectivity index (χ3n) is 1.86. The van der Waals surface area contributed by atoms with Gasteiger partial charge in [-0.05, 0) is 41.4 Å². The first-order valence-corrected chi connectivity index (χ1v) is 5.85. The van der Waals surface area contributed by atoms with Gasteiger partial charge in [-0.3, -0.25) is 0 Å². The van der Waals surface area contributed by atoms with Crippen molar-refractivity contribution in [1.29, 1.82) is 0 Å². The minimum atomic E-state index is 0.376. The van der Waals surface area contributed by atoms with E-state index in [4.69, 9.17) is 0 Å². The minimum absolute atomic E-state index is 0.376. The van der Waals surface area contributed by atoms with Crippen LogP contribution >= 0.6 is 27.3 Å². The van der Waals surface area contributed by atoms with Crippen LogP contribution in [0.3, 0.4) is 0 Å². The number of hydrogen-bond donors (Lipinski definition) is 1. The molecule has 0 bridgehead atoms. The highest BCUT2D eigenvalue weighted by Crippen LogP contribution is 2.27. The fourth-order valence-corrected chi connectivity index (χ4v) is 2.53. The molecule has 1 heterocycles. The lowest BCUT2D eigenvalue weighted by Gasteiger charge is -2.06. The Bertz CT molecular complexity index is 274. The Labute approximate surface area is 92.0 Å². The van der Waals surface area contributed by atoms with Crippen molar-refractivity contribution >= 4 is 27.3 Å². The van der Waals surface area contributed by atoms with Gasteiger partial charge in [-0.1, -0.05) is 6.08 Å². The second-order valence-corrected chi connectivity index (χ2v) is 5.53. The standard InChI is InChI=1S/C10H14BrNS/c1-4-8(3)12-6-9-5-7(2)10(11)13-9/h4-5,8,12H,1,6H2,2-3H3. The van der Waals surface area contributed by atoms with Gasteiger partial charge in [-0.25, -0.2) is 0 Å². The molecule has 1 rings (SSSR count). The normalized spacial score (nSPS) is 12.8. The van der Waals surface area contributed by atoms with E-state index < -0.39 is 0 Å². The van der Waals surface area contributed by atoms with E-state index in [1.807, 2.05) is 6.08 Å². The van der Waals surface area contributed by atoms with Crippen LogP contribution in [0, 0.1) is 6.92 Å². The van der Waals surface area contributed by atoms with Crippen LogP contribution in [0.5, 0.6) is 0 Å². The van der Waals surface area contributed by atoms with E-state index in [2.05, 4.69) is 47.7 Å². The van der Waals surface area contributed by atoms with E-state index in [0.717, 1.165) is 6.54 Å². The number of nitrogens with one attached hydrogen (secondary N) is 1. The lowest BCUT2D eigenvalue weighted by Crippen LogP contribution is -2.22. The van der Waals surface area contributed by atoms with Gasteiger partial charge in [0.05, 0.1) is 3.79 Å². The van der Waals surface area contributed by atoms with Gasteiger partial charge in [-0.2, -0.15) is 0 Å². The average molecular weight is 260 g/mol. The van der Waals surface area contributed by atoms with E-state index in [0.29, 0.717) is 6.04 Å². The predicted octanol–water partition coefficient (Wildman–Crippen LogP) is 3.48. The maximum absolute atomic E-state index is 3.73. The van der Waals surface area contributed by atoms with Gasteiger partial charge >= 0.3 is 0 Å². The topological polar surface area (TPSA) is 12.0 Å². The van der Waals surface area contributed by atoms with Crippen LogP contribution in [-0.2, 0) is 6.54 Å². The molecule has 72 valence electrons. The van der Waals surface area contributed by atoms with Crippen molar-refractivity contribution in [1.82, 2.24) is 5.32 Å². The van der Waals surface area contributed by atoms with Crippen molar-refractivity contribution in [2.75, 3.05) is 0 Å². The molecule has 13 heavy (non-hydrogen) atoms. The summed E-state index contributed by atoms with van der Waals surface area (Å²) in [6, 6.07) is 2.58. The summed E-state index contributed by atoms with van der Waals surface area (Å²) in [5, 5.41) is 3.36. The molecule has 1 unspecified atom stereocenters. The first-order valence-electron chi connectivity index (χ1n) is 4.24. The second-order valence-electron chi connectivity index (χ2n) is 3.07. The second kappa shape index (κ2) is 4.94. The third-order valence-corrected chi connectivity index (χ3v) is 4.00. The number of aryl methyl sites for hydroxylation is 1. The molecule has 3 heteroatoms. The first kappa shape index (κ1) is 11.0. The van der Waals surface area contributed by atoms with E-state index in [-0.39, 0.29) is 0 Å². The van der Waals surface area contributed by atoms with Gasteiger partial charge in [0.15, 0.2) is 0 Å². The van der Waals surface area contributed by atoms with E-state index >= 15 is 0 Å². The summed E-state index contributed by atoms with van der Waals surface area (Å²) in [5.41, 5.74) is 1.31. The van der Waals surface area contributed by atoms with Gasteiger partial charge in [0.25, 0.3) is 0 Å². The fraction of sp³-hybridized carbons (Fsp3) is 0.400. The molecule has 0 spiro atoms. The molecule has 0 radical (unpaired) electrons. The fourth-order valence-electron chi connectivity index (χ4n) is 0.955. The Morgan fingerprint density at radius 3 is 2.92 bits per heavy atom. The van der Waals surface area contributed by atoms with Gasteiger partial charge in [0.1, 0.15) is 0 Å². The molecule has 0 amide bonds. The number of rotatable bonds is 4. The Kier molecular flexibility index (Phi) is 4.16. The SMILES string of the molecule is C=CC(C)NCc1cc(C)c(Br)s1. The molecule has 1 atom stereocenters. The largest absolute Gasteiger partial charge is 0.306 e. The number of thiophene rings is 1. The number of halogens is 1. The van der Waals surface area contributed by atoms with Gasteiger partial charge in [0.2, 0.25) is 0 Å². The molecule has 0 aromatic carbocycles. The van der Waals surface area contributed by atoms with Crippen LogP contribution < -0.4 is 5.32 Å². The van der Waals surface area contributed by atoms with Crippen LogP contribution in [0.4, 0.5) is 0 Å². The molecule has 0 fully saturated rings. The van der Waals surface area contributed by atoms with Gasteiger partial charge in [0, 0.05) is 17.5 Å². The highest BCUT2D eigenvalue weighted by atomic mass is 79.9. The lowest BCUT2D eigenvalue weighted by atomic mass is 10.3. The molecule has 1 aromatic rings. The zero-order valence-corrected chi connectivity index (χ0v) is 10.3. The lowest BCUT2D eigenvalue weighted by molar-refractivity contribution is 0.640. The zero-order chi connectivity index (χ0) is 9.84. The first-order chi connectivity index (χ1) is 6.13. The van der Waals surface area contributed by atoms with Crippen molar-refractivity contribution in [2.24, 2.45) is 0 Å². The molecule has 1 aromatic heterocycles. The van der Waals surface area contributed by atoms with Crippen molar-refractivity contribution in [3.05, 3.63) is 32.9 Å². The Morgan fingerprint density at radius 2 is 2.46 bits per heavy atom. The van der Waals surface area contributed by atoms with Crippen molar-refractivity contribution in [2.45, 2.75) is 26.4 Å². The van der Waals surface area contributed by atoms with E-state index in [1.54, 1.807) is 11.3 Å². The molecule has 0 saturated carbocycles. The molecule has 0 saturated heterocycles. The molecular formula is C10H14BrNS. The minimum Gasteiger partial charge on any atom is -0.306 e. The molecule has 0 aliphatic heterocycles. The Balaban J connectivity index is 2.50. The van der Waals surface area contributed by atoms with Crippen molar-refractivity contribution in [3.63, 3.8) is 0 Å². The maximum Gasteiger partial charge on any atom is 0.0730 e. The molecule has 1 nitrogen and oxygen atoms in total. The highest BCUT2D eigenvalue weighted by Gasteiger charge is 2.02. The van der Waals surface area contributed by atoms with Gasteiger partial charge in [-0.15, -0.1) is 17.9 Å². The molecule has 0 aliphatic carbocycles. The average Bonchev–Trinajstić information content (AvgIpc) is 2.42. The summed E-state index contributed by atoms with van der Waals surface area (Å²) in [4.78, 5) is 1.36. The highest BCUT2D eigenvalue weighted by molar-refractivity contribution is 9.11. The Hall–Kier alpha value is -0.120. The summed E-state index contributed by atoms with van der Waals surface area (Å²) >= 11 is 5.30. The monoisotopic (exact) mass is 259 g/mol. The molecule has 0 aliphatic rings. The van der Waals surface area contributed by atoms with Crippen LogP contribution in [0.1, 0.15) is 17.4 Å². The Morgan fingerprint density at radius 1 is 1.77 bits per heavy atom. The summed E-state index contributed by atoms with van der Waals surface area (Å²) in [6.07, 6.45) is 1.91. The summed E-state index contributed by atoms with van der Waals surface area (Å²) in [5.74, 6) is 0. The summed E-state index contributed by atoms with van der Waals surface area (Å²) in [6.45, 7) is 8.86. The summed E-state index contributed by atoms with van der Waals surface area (Å²) < 4.78 is 1.23. The van der Waals surface area contributed by atoms with Crippen LogP contribution in [-0.4, -0.2) is 6.04 Å². The van der Waals surface area contributed by atoms with Gasteiger partial charge < -0.3 is 5.32 Å². The van der Waals surface area contributed by atoms with E-state index in [9.17, 15) is 0 Å². The summed E-state index contributed by atoms with van der Waals surface area (Å²) in [7, 11) is 0. The smallest absolute Gasteiger partial charge is 0.0730 e. The third kappa shape index (κ3) is 3.25. The van der Waals surface area contributed by atoms with Crippen LogP contribution in [0.15, 0.2) is 22.5 Å². The van der Waals surface area contributed by atoms with Crippen molar-refractivity contribution < 1.29 is 0 Å². The number of hydrogen-bond acceptors (Lipinski definition) is 2. The molecular weight excluding hydrogens is 246 g/mol. The quantitative estimate of drug-likeness (QED) is 0.817.